The van der Waals surface area contributed by atoms with E-state index in [0.717, 1.165) is 4.47 Å². The Morgan fingerprint density at radius 3 is 2.46 bits per heavy atom. The monoisotopic (exact) mass is 398 g/mol. The van der Waals surface area contributed by atoms with E-state index in [-0.39, 0.29) is 18.9 Å². The first-order valence-electron chi connectivity index (χ1n) is 7.08. The highest BCUT2D eigenvalue weighted by atomic mass is 79.9. The van der Waals surface area contributed by atoms with E-state index in [4.69, 9.17) is 4.74 Å². The van der Waals surface area contributed by atoms with Gasteiger partial charge >= 0.3 is 11.8 Å². The van der Waals surface area contributed by atoms with Gasteiger partial charge in [0.05, 0.1) is 13.0 Å². The fourth-order valence-corrected chi connectivity index (χ4v) is 1.82. The van der Waals surface area contributed by atoms with Gasteiger partial charge in [0.2, 0.25) is 5.91 Å². The lowest BCUT2D eigenvalue weighted by atomic mass is 10.2. The van der Waals surface area contributed by atoms with Crippen LogP contribution in [0.3, 0.4) is 0 Å². The van der Waals surface area contributed by atoms with Gasteiger partial charge in [0.25, 0.3) is 0 Å². The molecule has 3 amide bonds. The molecule has 0 heterocycles. The number of hydrogen-bond acceptors (Lipinski definition) is 5. The summed E-state index contributed by atoms with van der Waals surface area (Å²) in [7, 11) is 1.49. The lowest BCUT2D eigenvalue weighted by Gasteiger charge is -2.06. The topological polar surface area (TPSA) is 109 Å². The van der Waals surface area contributed by atoms with Crippen LogP contribution in [0.1, 0.15) is 13.3 Å². The Balaban J connectivity index is 2.40. The van der Waals surface area contributed by atoms with Gasteiger partial charge in [-0.25, -0.2) is 5.43 Å². The van der Waals surface area contributed by atoms with Crippen molar-refractivity contribution in [2.24, 2.45) is 5.10 Å². The van der Waals surface area contributed by atoms with Crippen molar-refractivity contribution in [1.82, 2.24) is 10.7 Å². The first-order chi connectivity index (χ1) is 11.4. The maximum absolute atomic E-state index is 11.9. The molecule has 0 unspecified atom stereocenters. The summed E-state index contributed by atoms with van der Waals surface area (Å²) >= 11 is 3.31. The molecule has 0 saturated carbocycles. The third-order valence-electron chi connectivity index (χ3n) is 2.69. The van der Waals surface area contributed by atoms with Crippen molar-refractivity contribution in [2.75, 3.05) is 25.6 Å². The number of hydrazone groups is 1. The molecule has 9 heteroatoms. The van der Waals surface area contributed by atoms with E-state index in [1.165, 1.54) is 7.11 Å². The van der Waals surface area contributed by atoms with Crippen LogP contribution >= 0.6 is 15.9 Å². The molecule has 0 aliphatic carbocycles. The molecule has 0 radical (unpaired) electrons. The Morgan fingerprint density at radius 2 is 1.83 bits per heavy atom. The number of methoxy groups -OCH3 is 1. The first-order valence-corrected chi connectivity index (χ1v) is 7.87. The fraction of sp³-hybridized carbons (Fsp3) is 0.333. The summed E-state index contributed by atoms with van der Waals surface area (Å²) in [5.41, 5.74) is 3.11. The predicted octanol–water partition coefficient (Wildman–Crippen LogP) is 1.03. The van der Waals surface area contributed by atoms with Crippen molar-refractivity contribution in [3.8, 4) is 0 Å². The highest BCUT2D eigenvalue weighted by Crippen LogP contribution is 2.14. The van der Waals surface area contributed by atoms with Crippen LogP contribution < -0.4 is 16.1 Å². The molecule has 1 aromatic carbocycles. The SMILES string of the molecule is COCCNC(=O)C(=O)N/N=C(/C)CC(=O)Nc1ccc(Br)cc1. The van der Waals surface area contributed by atoms with Crippen molar-refractivity contribution >= 4 is 45.1 Å². The summed E-state index contributed by atoms with van der Waals surface area (Å²) in [6.45, 7) is 2.10. The Labute approximate surface area is 148 Å². The van der Waals surface area contributed by atoms with Crippen molar-refractivity contribution in [2.45, 2.75) is 13.3 Å². The van der Waals surface area contributed by atoms with Crippen LogP contribution in [0.15, 0.2) is 33.8 Å². The molecule has 0 aliphatic heterocycles. The quantitative estimate of drug-likeness (QED) is 0.275. The molecule has 8 nitrogen and oxygen atoms in total. The van der Waals surface area contributed by atoms with Gasteiger partial charge in [0.15, 0.2) is 0 Å². The van der Waals surface area contributed by atoms with E-state index in [1.807, 2.05) is 0 Å². The highest BCUT2D eigenvalue weighted by molar-refractivity contribution is 9.10. The van der Waals surface area contributed by atoms with Crippen molar-refractivity contribution in [3.63, 3.8) is 0 Å². The largest absolute Gasteiger partial charge is 0.383 e. The molecular weight excluding hydrogens is 380 g/mol. The summed E-state index contributed by atoms with van der Waals surface area (Å²) in [4.78, 5) is 34.7. The molecule has 0 spiro atoms. The van der Waals surface area contributed by atoms with Gasteiger partial charge in [-0.15, -0.1) is 0 Å². The first kappa shape index (κ1) is 19.8. The Morgan fingerprint density at radius 1 is 1.17 bits per heavy atom. The lowest BCUT2D eigenvalue weighted by Crippen LogP contribution is -2.39. The van der Waals surface area contributed by atoms with Crippen LogP contribution in [0.2, 0.25) is 0 Å². The average Bonchev–Trinajstić information content (AvgIpc) is 2.54. The molecule has 0 atom stereocenters. The highest BCUT2D eigenvalue weighted by Gasteiger charge is 2.12. The van der Waals surface area contributed by atoms with E-state index < -0.39 is 11.8 Å². The van der Waals surface area contributed by atoms with Crippen molar-refractivity contribution < 1.29 is 19.1 Å². The van der Waals surface area contributed by atoms with Gasteiger partial charge in [-0.1, -0.05) is 15.9 Å². The molecule has 1 rings (SSSR count). The maximum atomic E-state index is 11.9. The number of carbonyl (C=O) groups excluding carboxylic acids is 3. The molecule has 0 aromatic heterocycles. The minimum Gasteiger partial charge on any atom is -0.383 e. The molecule has 0 saturated heterocycles. The number of rotatable bonds is 7. The van der Waals surface area contributed by atoms with E-state index in [2.05, 4.69) is 37.1 Å². The molecular formula is C15H19BrN4O4. The van der Waals surface area contributed by atoms with Gasteiger partial charge in [-0.3, -0.25) is 14.4 Å². The second-order valence-electron chi connectivity index (χ2n) is 4.77. The Kier molecular flexibility index (Phi) is 8.66. The van der Waals surface area contributed by atoms with Crippen LogP contribution in [-0.2, 0) is 19.1 Å². The summed E-state index contributed by atoms with van der Waals surface area (Å²) in [6.07, 6.45) is -0.0123. The number of carbonyl (C=O) groups is 3. The van der Waals surface area contributed by atoms with Crippen molar-refractivity contribution in [1.29, 1.82) is 0 Å². The summed E-state index contributed by atoms with van der Waals surface area (Å²) < 4.78 is 5.66. The fourth-order valence-electron chi connectivity index (χ4n) is 1.55. The normalized spacial score (nSPS) is 10.9. The number of halogens is 1. The molecule has 24 heavy (non-hydrogen) atoms. The second-order valence-corrected chi connectivity index (χ2v) is 5.68. The minimum atomic E-state index is -0.904. The number of nitrogens with one attached hydrogen (secondary N) is 3. The Hall–Kier alpha value is -2.26. The van der Waals surface area contributed by atoms with Crippen LogP contribution in [0.4, 0.5) is 5.69 Å². The average molecular weight is 399 g/mol. The van der Waals surface area contributed by atoms with E-state index in [9.17, 15) is 14.4 Å². The number of benzene rings is 1. The zero-order valence-corrected chi connectivity index (χ0v) is 15.0. The zero-order valence-electron chi connectivity index (χ0n) is 13.4. The van der Waals surface area contributed by atoms with Crippen LogP contribution in [0.5, 0.6) is 0 Å². The summed E-state index contributed by atoms with van der Waals surface area (Å²) in [5.74, 6) is -2.00. The molecule has 1 aromatic rings. The van der Waals surface area contributed by atoms with Gasteiger partial charge in [-0.2, -0.15) is 5.10 Å². The van der Waals surface area contributed by atoms with Crippen LogP contribution in [-0.4, -0.2) is 43.7 Å². The van der Waals surface area contributed by atoms with Gasteiger partial charge in [0, 0.05) is 29.5 Å². The van der Waals surface area contributed by atoms with E-state index >= 15 is 0 Å². The standard InChI is InChI=1S/C15H19BrN4O4/c1-10(19-20-15(23)14(22)17-7-8-24-2)9-13(21)18-12-5-3-11(16)4-6-12/h3-6H,7-9H2,1-2H3,(H,17,22)(H,18,21)(H,20,23)/b19-10-. The van der Waals surface area contributed by atoms with Gasteiger partial charge in [-0.05, 0) is 31.2 Å². The second kappa shape index (κ2) is 10.5. The van der Waals surface area contributed by atoms with Gasteiger partial charge < -0.3 is 15.4 Å². The van der Waals surface area contributed by atoms with Gasteiger partial charge in [0.1, 0.15) is 0 Å². The number of anilines is 1. The third kappa shape index (κ3) is 7.84. The van der Waals surface area contributed by atoms with E-state index in [1.54, 1.807) is 31.2 Å². The molecule has 0 bridgehead atoms. The number of ether oxygens (including phenoxy) is 1. The number of hydrogen-bond donors (Lipinski definition) is 3. The Bertz CT molecular complexity index is 616. The summed E-state index contributed by atoms with van der Waals surface area (Å²) in [6, 6.07) is 7.11. The van der Waals surface area contributed by atoms with E-state index in [0.29, 0.717) is 18.0 Å². The smallest absolute Gasteiger partial charge is 0.329 e. The maximum Gasteiger partial charge on any atom is 0.329 e. The summed E-state index contributed by atoms with van der Waals surface area (Å²) in [5, 5.41) is 8.78. The number of nitrogens with zero attached hydrogens (tertiary/aromatic N) is 1. The lowest BCUT2D eigenvalue weighted by molar-refractivity contribution is -0.139. The van der Waals surface area contributed by atoms with Crippen LogP contribution in [0.25, 0.3) is 0 Å². The molecule has 3 N–H and O–H groups in total. The zero-order chi connectivity index (χ0) is 17.9. The predicted molar refractivity (Wildman–Crippen MR) is 93.5 cm³/mol. The molecule has 0 fully saturated rings. The minimum absolute atomic E-state index is 0.0123. The third-order valence-corrected chi connectivity index (χ3v) is 3.22. The molecule has 130 valence electrons. The van der Waals surface area contributed by atoms with Crippen LogP contribution in [0, 0.1) is 0 Å². The van der Waals surface area contributed by atoms with Crippen molar-refractivity contribution in [3.05, 3.63) is 28.7 Å². The number of amides is 3. The molecule has 0 aliphatic rings.